The maximum Gasteiger partial charge on any atom is 0.0858 e. The third kappa shape index (κ3) is 2.85. The van der Waals surface area contributed by atoms with Crippen LogP contribution in [0.5, 0.6) is 0 Å². The largest absolute Gasteiger partial charge is 0.388 e. The van der Waals surface area contributed by atoms with Crippen LogP contribution in [0.25, 0.3) is 0 Å². The second kappa shape index (κ2) is 5.64. The highest BCUT2D eigenvalue weighted by Gasteiger charge is 2.42. The zero-order valence-corrected chi connectivity index (χ0v) is 12.4. The molecular weight excluding hydrogens is 234 g/mol. The number of hydrogen-bond acceptors (Lipinski definition) is 2. The Morgan fingerprint density at radius 3 is 2.26 bits per heavy atom. The lowest BCUT2D eigenvalue weighted by Crippen LogP contribution is -2.34. The normalized spacial score (nSPS) is 28.8. The van der Waals surface area contributed by atoms with E-state index in [9.17, 15) is 5.11 Å². The minimum atomic E-state index is -0.427. The van der Waals surface area contributed by atoms with Crippen LogP contribution >= 0.6 is 0 Å². The molecule has 1 aromatic rings. The van der Waals surface area contributed by atoms with Crippen molar-refractivity contribution in [3.63, 3.8) is 0 Å². The lowest BCUT2D eigenvalue weighted by Gasteiger charge is -2.33. The summed E-state index contributed by atoms with van der Waals surface area (Å²) < 4.78 is 0. The summed E-state index contributed by atoms with van der Waals surface area (Å²) in [6, 6.07) is 8.40. The number of benzene rings is 1. The van der Waals surface area contributed by atoms with E-state index in [2.05, 4.69) is 45.0 Å². The molecule has 2 nitrogen and oxygen atoms in total. The third-order valence-electron chi connectivity index (χ3n) is 4.80. The first-order chi connectivity index (χ1) is 8.98. The van der Waals surface area contributed by atoms with Gasteiger partial charge in [0, 0.05) is 12.0 Å². The Bertz CT molecular complexity index is 412. The molecule has 106 valence electrons. The van der Waals surface area contributed by atoms with Crippen molar-refractivity contribution < 1.29 is 5.11 Å². The van der Waals surface area contributed by atoms with Gasteiger partial charge in [0.05, 0.1) is 6.10 Å². The highest BCUT2D eigenvalue weighted by atomic mass is 16.3. The molecule has 0 aliphatic heterocycles. The van der Waals surface area contributed by atoms with Crippen LogP contribution in [0.1, 0.15) is 63.2 Å². The van der Waals surface area contributed by atoms with E-state index in [0.717, 1.165) is 18.4 Å². The molecule has 0 bridgehead atoms. The van der Waals surface area contributed by atoms with Crippen LogP contribution in [0.3, 0.4) is 0 Å². The second-order valence-corrected chi connectivity index (χ2v) is 6.64. The fraction of sp³-hybridized carbons (Fsp3) is 0.647. The molecule has 19 heavy (non-hydrogen) atoms. The molecule has 0 saturated heterocycles. The van der Waals surface area contributed by atoms with Crippen molar-refractivity contribution in [2.24, 2.45) is 17.1 Å². The van der Waals surface area contributed by atoms with Gasteiger partial charge < -0.3 is 10.8 Å². The minimum absolute atomic E-state index is 0.112. The molecule has 0 spiro atoms. The average Bonchev–Trinajstić information content (AvgIpc) is 2.81. The number of aliphatic hydroxyl groups is 1. The maximum absolute atomic E-state index is 10.7. The number of nitrogens with two attached hydrogens (primary N) is 1. The summed E-state index contributed by atoms with van der Waals surface area (Å²) in [6.45, 7) is 7.20. The molecule has 1 aromatic carbocycles. The van der Waals surface area contributed by atoms with Gasteiger partial charge in [-0.25, -0.2) is 0 Å². The summed E-state index contributed by atoms with van der Waals surface area (Å²) in [5.74, 6) is 1.20. The summed E-state index contributed by atoms with van der Waals surface area (Å²) in [6.07, 6.45) is 2.83. The number of rotatable bonds is 4. The van der Waals surface area contributed by atoms with Crippen molar-refractivity contribution in [3.05, 3.63) is 35.4 Å². The Morgan fingerprint density at radius 1 is 1.26 bits per heavy atom. The number of hydrogen-bond donors (Lipinski definition) is 2. The van der Waals surface area contributed by atoms with E-state index in [0.29, 0.717) is 18.4 Å². The summed E-state index contributed by atoms with van der Waals surface area (Å²) in [5, 5.41) is 10.7. The molecule has 2 rings (SSSR count). The first kappa shape index (κ1) is 14.5. The Hall–Kier alpha value is -0.860. The predicted molar refractivity (Wildman–Crippen MR) is 80.0 cm³/mol. The minimum Gasteiger partial charge on any atom is -0.388 e. The van der Waals surface area contributed by atoms with Gasteiger partial charge in [-0.3, -0.25) is 0 Å². The van der Waals surface area contributed by atoms with Crippen molar-refractivity contribution in [2.45, 2.75) is 52.1 Å². The van der Waals surface area contributed by atoms with Crippen LogP contribution in [0.15, 0.2) is 24.3 Å². The molecule has 0 aromatic heterocycles. The lowest BCUT2D eigenvalue weighted by atomic mass is 9.76. The predicted octanol–water partition coefficient (Wildman–Crippen LogP) is 3.61. The van der Waals surface area contributed by atoms with Crippen LogP contribution in [0.2, 0.25) is 0 Å². The Balaban J connectivity index is 2.20. The van der Waals surface area contributed by atoms with Gasteiger partial charge in [-0.15, -0.1) is 0 Å². The molecule has 3 unspecified atom stereocenters. The van der Waals surface area contributed by atoms with Gasteiger partial charge >= 0.3 is 0 Å². The topological polar surface area (TPSA) is 46.2 Å². The quantitative estimate of drug-likeness (QED) is 0.869. The zero-order valence-electron chi connectivity index (χ0n) is 12.4. The van der Waals surface area contributed by atoms with Gasteiger partial charge in [0.15, 0.2) is 0 Å². The molecule has 3 atom stereocenters. The SMILES string of the molecule is CC1CCC(CN)(C(O)c2ccc(C(C)C)cc2)C1. The van der Waals surface area contributed by atoms with Gasteiger partial charge in [-0.1, -0.05) is 51.5 Å². The van der Waals surface area contributed by atoms with Crippen LogP contribution < -0.4 is 5.73 Å². The van der Waals surface area contributed by atoms with E-state index in [1.165, 1.54) is 12.0 Å². The first-order valence-corrected chi connectivity index (χ1v) is 7.46. The molecular formula is C17H27NO. The molecule has 0 amide bonds. The smallest absolute Gasteiger partial charge is 0.0858 e. The van der Waals surface area contributed by atoms with Gasteiger partial charge in [0.1, 0.15) is 0 Å². The van der Waals surface area contributed by atoms with Gasteiger partial charge in [0.2, 0.25) is 0 Å². The molecule has 1 aliphatic carbocycles. The van der Waals surface area contributed by atoms with Crippen molar-refractivity contribution in [2.75, 3.05) is 6.54 Å². The second-order valence-electron chi connectivity index (χ2n) is 6.64. The van der Waals surface area contributed by atoms with Crippen LogP contribution in [0, 0.1) is 11.3 Å². The highest BCUT2D eigenvalue weighted by Crippen LogP contribution is 2.49. The number of aliphatic hydroxyl groups excluding tert-OH is 1. The summed E-state index contributed by atoms with van der Waals surface area (Å²) >= 11 is 0. The van der Waals surface area contributed by atoms with E-state index < -0.39 is 6.10 Å². The molecule has 0 heterocycles. The highest BCUT2D eigenvalue weighted by molar-refractivity contribution is 5.27. The van der Waals surface area contributed by atoms with Crippen LogP contribution in [-0.2, 0) is 0 Å². The zero-order chi connectivity index (χ0) is 14.0. The van der Waals surface area contributed by atoms with Crippen molar-refractivity contribution in [1.29, 1.82) is 0 Å². The molecule has 1 aliphatic rings. The molecule has 1 saturated carbocycles. The average molecular weight is 261 g/mol. The van der Waals surface area contributed by atoms with Gasteiger partial charge in [0.25, 0.3) is 0 Å². The molecule has 2 heteroatoms. The van der Waals surface area contributed by atoms with Crippen molar-refractivity contribution in [3.8, 4) is 0 Å². The lowest BCUT2D eigenvalue weighted by molar-refractivity contribution is 0.0308. The summed E-state index contributed by atoms with van der Waals surface area (Å²) in [7, 11) is 0. The Kier molecular flexibility index (Phi) is 4.32. The van der Waals surface area contributed by atoms with Gasteiger partial charge in [-0.05, 0) is 35.8 Å². The molecule has 3 N–H and O–H groups in total. The van der Waals surface area contributed by atoms with Crippen LogP contribution in [0.4, 0.5) is 0 Å². The van der Waals surface area contributed by atoms with E-state index in [1.807, 2.05) is 0 Å². The van der Waals surface area contributed by atoms with E-state index in [4.69, 9.17) is 5.73 Å². The van der Waals surface area contributed by atoms with Crippen LogP contribution in [-0.4, -0.2) is 11.7 Å². The Labute approximate surface area is 117 Å². The van der Waals surface area contributed by atoms with E-state index in [-0.39, 0.29) is 5.41 Å². The fourth-order valence-corrected chi connectivity index (χ4v) is 3.39. The van der Waals surface area contributed by atoms with E-state index in [1.54, 1.807) is 0 Å². The molecule has 1 fully saturated rings. The summed E-state index contributed by atoms with van der Waals surface area (Å²) in [5.41, 5.74) is 8.21. The third-order valence-corrected chi connectivity index (χ3v) is 4.80. The Morgan fingerprint density at radius 2 is 1.84 bits per heavy atom. The molecule has 0 radical (unpaired) electrons. The maximum atomic E-state index is 10.7. The van der Waals surface area contributed by atoms with Gasteiger partial charge in [-0.2, -0.15) is 0 Å². The first-order valence-electron chi connectivity index (χ1n) is 7.46. The fourth-order valence-electron chi connectivity index (χ4n) is 3.39. The van der Waals surface area contributed by atoms with Crippen molar-refractivity contribution in [1.82, 2.24) is 0 Å². The monoisotopic (exact) mass is 261 g/mol. The summed E-state index contributed by atoms with van der Waals surface area (Å²) in [4.78, 5) is 0. The standard InChI is InChI=1S/C17H27NO/c1-12(2)14-4-6-15(7-5-14)16(19)17(11-18)9-8-13(3)10-17/h4-7,12-13,16,19H,8-11,18H2,1-3H3. The van der Waals surface area contributed by atoms with E-state index >= 15 is 0 Å². The van der Waals surface area contributed by atoms with Crippen molar-refractivity contribution >= 4 is 0 Å².